The molecule has 0 atom stereocenters. The molecule has 2 heterocycles. The Kier molecular flexibility index (Phi) is 10.0. The van der Waals surface area contributed by atoms with E-state index in [1.54, 1.807) is 67.8 Å². The average Bonchev–Trinajstić information content (AvgIpc) is 3.59. The Bertz CT molecular complexity index is 2040. The summed E-state index contributed by atoms with van der Waals surface area (Å²) in [4.78, 5) is 29.9. The second kappa shape index (κ2) is 14.3. The molecule has 0 saturated carbocycles. The SMILES string of the molecule is COc1ccc(C(=O)Nc2ccc(CNc3ccc(-c4nc5cc(CC(=O)NCB6OC(C)(C)C(C)(C)O6)ccc5o4)cc3F)cc2)cc1Br. The standard InChI is InChI=1S/C37H37BBrFN4O6/c1-36(2)37(3,4)50-38(49-36)21-42-33(45)17-23-8-14-32-30(16-23)44-35(48-32)25-9-13-29(28(40)19-25)41-20-22-6-11-26(12-7-22)43-34(46)24-10-15-31(47-5)27(39)18-24/h6-16,18-19,41H,17,20-21H2,1-5H3,(H,42,45)(H,43,46). The molecule has 0 bridgehead atoms. The average molecular weight is 743 g/mol. The van der Waals surface area contributed by atoms with Gasteiger partial charge in [0, 0.05) is 23.4 Å². The predicted octanol–water partition coefficient (Wildman–Crippen LogP) is 7.56. The number of hydrogen-bond acceptors (Lipinski definition) is 8. The highest BCUT2D eigenvalue weighted by molar-refractivity contribution is 9.10. The molecule has 3 N–H and O–H groups in total. The zero-order valence-electron chi connectivity index (χ0n) is 28.4. The highest BCUT2D eigenvalue weighted by Crippen LogP contribution is 2.36. The van der Waals surface area contributed by atoms with E-state index in [1.807, 2.05) is 39.8 Å². The van der Waals surface area contributed by atoms with Crippen molar-refractivity contribution in [3.05, 3.63) is 106 Å². The smallest absolute Gasteiger partial charge is 0.478 e. The van der Waals surface area contributed by atoms with Crippen molar-refractivity contribution in [3.63, 3.8) is 0 Å². The molecule has 1 aliphatic rings. The van der Waals surface area contributed by atoms with Crippen LogP contribution in [0, 0.1) is 5.82 Å². The van der Waals surface area contributed by atoms with Crippen molar-refractivity contribution < 1.29 is 32.4 Å². The van der Waals surface area contributed by atoms with Crippen LogP contribution in [0.1, 0.15) is 49.2 Å². The second-order valence-electron chi connectivity index (χ2n) is 13.0. The lowest BCUT2D eigenvalue weighted by Crippen LogP contribution is -2.41. The minimum Gasteiger partial charge on any atom is -0.496 e. The van der Waals surface area contributed by atoms with E-state index in [1.165, 1.54) is 6.07 Å². The maximum Gasteiger partial charge on any atom is 0.478 e. The van der Waals surface area contributed by atoms with Crippen LogP contribution in [0.15, 0.2) is 87.8 Å². The van der Waals surface area contributed by atoms with Gasteiger partial charge in [0.2, 0.25) is 11.8 Å². The number of rotatable bonds is 11. The molecule has 1 aromatic heterocycles. The van der Waals surface area contributed by atoms with Crippen molar-refractivity contribution in [2.45, 2.75) is 51.9 Å². The first-order valence-corrected chi connectivity index (χ1v) is 16.9. The quantitative estimate of drug-likeness (QED) is 0.119. The topological polar surface area (TPSA) is 124 Å². The maximum absolute atomic E-state index is 15.2. The van der Waals surface area contributed by atoms with E-state index >= 15 is 4.39 Å². The molecule has 0 unspecified atom stereocenters. The molecule has 1 fully saturated rings. The number of methoxy groups -OCH3 is 1. The van der Waals surface area contributed by atoms with Crippen molar-refractivity contribution in [2.75, 3.05) is 24.2 Å². The zero-order chi connectivity index (χ0) is 35.6. The molecule has 0 spiro atoms. The third-order valence-electron chi connectivity index (χ3n) is 8.91. The number of anilines is 2. The van der Waals surface area contributed by atoms with Gasteiger partial charge >= 0.3 is 7.12 Å². The number of carbonyl (C=O) groups is 2. The zero-order valence-corrected chi connectivity index (χ0v) is 29.9. The second-order valence-corrected chi connectivity index (χ2v) is 13.9. The molecule has 1 aliphatic heterocycles. The molecule has 2 amide bonds. The third kappa shape index (κ3) is 7.85. The number of ether oxygens (including phenoxy) is 1. The van der Waals surface area contributed by atoms with Crippen LogP contribution in [0.3, 0.4) is 0 Å². The van der Waals surface area contributed by atoms with Crippen LogP contribution in [0.2, 0.25) is 0 Å². The molecule has 4 aromatic carbocycles. The molecule has 0 radical (unpaired) electrons. The van der Waals surface area contributed by atoms with Crippen molar-refractivity contribution in [2.24, 2.45) is 0 Å². The summed E-state index contributed by atoms with van der Waals surface area (Å²) in [5.74, 6) is 0.0264. The monoisotopic (exact) mass is 742 g/mol. The first-order chi connectivity index (χ1) is 23.8. The number of oxazole rings is 1. The van der Waals surface area contributed by atoms with Gasteiger partial charge in [-0.3, -0.25) is 9.59 Å². The lowest BCUT2D eigenvalue weighted by atomic mass is 9.90. The van der Waals surface area contributed by atoms with Gasteiger partial charge in [-0.2, -0.15) is 0 Å². The highest BCUT2D eigenvalue weighted by Gasteiger charge is 2.50. The molecular weight excluding hydrogens is 706 g/mol. The van der Waals surface area contributed by atoms with Crippen LogP contribution in [0.25, 0.3) is 22.6 Å². The van der Waals surface area contributed by atoms with Gasteiger partial charge in [0.05, 0.1) is 41.3 Å². The van der Waals surface area contributed by atoms with Crippen LogP contribution in [-0.2, 0) is 27.1 Å². The number of amides is 2. The van der Waals surface area contributed by atoms with Gasteiger partial charge in [-0.15, -0.1) is 0 Å². The number of benzene rings is 4. The molecule has 1 saturated heterocycles. The molecular formula is C37H37BBrFN4O6. The van der Waals surface area contributed by atoms with Gasteiger partial charge in [0.1, 0.15) is 17.1 Å². The number of fused-ring (bicyclic) bond motifs is 1. The van der Waals surface area contributed by atoms with E-state index in [0.717, 1.165) is 11.1 Å². The number of carbonyl (C=O) groups excluding carboxylic acids is 2. The van der Waals surface area contributed by atoms with Gasteiger partial charge in [0.15, 0.2) is 5.58 Å². The molecule has 258 valence electrons. The molecule has 5 aromatic rings. The fourth-order valence-corrected chi connectivity index (χ4v) is 5.95. The fourth-order valence-electron chi connectivity index (χ4n) is 5.41. The summed E-state index contributed by atoms with van der Waals surface area (Å²) < 4.78 is 38.9. The lowest BCUT2D eigenvalue weighted by Gasteiger charge is -2.32. The van der Waals surface area contributed by atoms with Crippen LogP contribution < -0.4 is 20.7 Å². The first-order valence-electron chi connectivity index (χ1n) is 16.1. The van der Waals surface area contributed by atoms with E-state index in [-0.39, 0.29) is 30.6 Å². The van der Waals surface area contributed by atoms with Crippen LogP contribution in [0.4, 0.5) is 15.8 Å². The maximum atomic E-state index is 15.2. The van der Waals surface area contributed by atoms with Gasteiger partial charge in [-0.1, -0.05) is 18.2 Å². The number of nitrogens with one attached hydrogen (secondary N) is 3. The van der Waals surface area contributed by atoms with E-state index in [9.17, 15) is 9.59 Å². The van der Waals surface area contributed by atoms with Crippen LogP contribution in [-0.4, -0.2) is 48.7 Å². The fraction of sp³-hybridized carbons (Fsp3) is 0.270. The van der Waals surface area contributed by atoms with Gasteiger partial charge in [0.25, 0.3) is 5.91 Å². The van der Waals surface area contributed by atoms with Crippen molar-refractivity contribution in [3.8, 4) is 17.2 Å². The Morgan fingerprint density at radius 1 is 0.920 bits per heavy atom. The summed E-state index contributed by atoms with van der Waals surface area (Å²) in [6, 6.07) is 22.5. The minimum absolute atomic E-state index is 0.145. The minimum atomic E-state index is -0.520. The van der Waals surface area contributed by atoms with E-state index in [2.05, 4.69) is 36.9 Å². The van der Waals surface area contributed by atoms with Crippen LogP contribution >= 0.6 is 15.9 Å². The summed E-state index contributed by atoms with van der Waals surface area (Å²) in [6.45, 7) is 8.23. The largest absolute Gasteiger partial charge is 0.496 e. The summed E-state index contributed by atoms with van der Waals surface area (Å²) in [5.41, 5.74) is 3.74. The van der Waals surface area contributed by atoms with Gasteiger partial charge in [-0.05, 0) is 115 Å². The number of hydrogen-bond donors (Lipinski definition) is 3. The predicted molar refractivity (Wildman–Crippen MR) is 195 cm³/mol. The molecule has 0 aliphatic carbocycles. The summed E-state index contributed by atoms with van der Waals surface area (Å²) >= 11 is 3.40. The van der Waals surface area contributed by atoms with Crippen molar-refractivity contribution in [1.82, 2.24) is 10.3 Å². The third-order valence-corrected chi connectivity index (χ3v) is 9.53. The van der Waals surface area contributed by atoms with Gasteiger partial charge < -0.3 is 34.4 Å². The number of aromatic nitrogens is 1. The summed E-state index contributed by atoms with van der Waals surface area (Å²) in [6.07, 6.45) is 0.390. The Labute approximate surface area is 298 Å². The van der Waals surface area contributed by atoms with E-state index in [0.29, 0.717) is 50.4 Å². The molecule has 13 heteroatoms. The molecule has 50 heavy (non-hydrogen) atoms. The summed E-state index contributed by atoms with van der Waals surface area (Å²) in [7, 11) is 1.04. The first kappa shape index (κ1) is 35.1. The normalized spacial score (nSPS) is 14.8. The highest BCUT2D eigenvalue weighted by atomic mass is 79.9. The Morgan fingerprint density at radius 3 is 2.32 bits per heavy atom. The van der Waals surface area contributed by atoms with Crippen molar-refractivity contribution >= 4 is 57.3 Å². The summed E-state index contributed by atoms with van der Waals surface area (Å²) in [5, 5.41) is 8.87. The van der Waals surface area contributed by atoms with Crippen molar-refractivity contribution in [1.29, 1.82) is 0 Å². The number of halogens is 2. The van der Waals surface area contributed by atoms with E-state index < -0.39 is 24.1 Å². The van der Waals surface area contributed by atoms with E-state index in [4.69, 9.17) is 18.5 Å². The van der Waals surface area contributed by atoms with Crippen LogP contribution in [0.5, 0.6) is 5.75 Å². The molecule has 6 rings (SSSR count). The Hall–Kier alpha value is -4.72. The lowest BCUT2D eigenvalue weighted by molar-refractivity contribution is -0.120. The Balaban J connectivity index is 1.02. The molecule has 10 nitrogen and oxygen atoms in total. The van der Waals surface area contributed by atoms with Gasteiger partial charge in [-0.25, -0.2) is 9.37 Å². The Morgan fingerprint density at radius 2 is 1.64 bits per heavy atom. The number of nitrogens with zero attached hydrogens (tertiary/aromatic N) is 1.